The van der Waals surface area contributed by atoms with Crippen LogP contribution in [-0.2, 0) is 11.3 Å². The number of hydrogen-bond donors (Lipinski definition) is 1. The maximum atomic E-state index is 9.08. The van der Waals surface area contributed by atoms with Gasteiger partial charge in [-0.1, -0.05) is 50.1 Å². The Labute approximate surface area is 111 Å². The summed E-state index contributed by atoms with van der Waals surface area (Å²) in [5, 5.41) is 9.08. The van der Waals surface area contributed by atoms with Crippen LogP contribution >= 0.6 is 0 Å². The number of benzene rings is 1. The van der Waals surface area contributed by atoms with E-state index in [4.69, 9.17) is 9.84 Å². The van der Waals surface area contributed by atoms with Crippen molar-refractivity contribution < 1.29 is 9.84 Å². The third-order valence-electron chi connectivity index (χ3n) is 3.22. The van der Waals surface area contributed by atoms with Crippen molar-refractivity contribution in [2.45, 2.75) is 52.2 Å². The quantitative estimate of drug-likeness (QED) is 0.884. The first-order valence-corrected chi connectivity index (χ1v) is 7.02. The molecule has 2 heteroatoms. The van der Waals surface area contributed by atoms with Crippen LogP contribution in [0.5, 0.6) is 0 Å². The van der Waals surface area contributed by atoms with E-state index in [2.05, 4.69) is 19.1 Å². The number of rotatable bonds is 3. The zero-order valence-electron chi connectivity index (χ0n) is 11.6. The Morgan fingerprint density at radius 2 is 1.94 bits per heavy atom. The third kappa shape index (κ3) is 6.77. The van der Waals surface area contributed by atoms with Gasteiger partial charge >= 0.3 is 0 Å². The number of ether oxygens (including phenoxy) is 1. The molecule has 2 nitrogen and oxygen atoms in total. The van der Waals surface area contributed by atoms with Gasteiger partial charge in [0.05, 0.1) is 12.7 Å². The van der Waals surface area contributed by atoms with Crippen LogP contribution in [0.25, 0.3) is 0 Å². The Kier molecular flexibility index (Phi) is 7.70. The van der Waals surface area contributed by atoms with Gasteiger partial charge in [0.15, 0.2) is 0 Å². The van der Waals surface area contributed by atoms with E-state index in [0.717, 1.165) is 32.0 Å². The summed E-state index contributed by atoms with van der Waals surface area (Å²) in [5.41, 5.74) is 1.24. The lowest BCUT2D eigenvalue weighted by molar-refractivity contribution is 0.106. The Morgan fingerprint density at radius 3 is 2.44 bits per heavy atom. The maximum Gasteiger partial charge on any atom is 0.0716 e. The fourth-order valence-corrected chi connectivity index (χ4v) is 2.20. The van der Waals surface area contributed by atoms with Crippen LogP contribution < -0.4 is 0 Å². The summed E-state index contributed by atoms with van der Waals surface area (Å²) in [4.78, 5) is 0. The van der Waals surface area contributed by atoms with Crippen molar-refractivity contribution in [1.82, 2.24) is 0 Å². The first-order valence-electron chi connectivity index (χ1n) is 7.02. The van der Waals surface area contributed by atoms with E-state index in [9.17, 15) is 0 Å². The molecule has 2 rings (SSSR count). The molecule has 1 fully saturated rings. The van der Waals surface area contributed by atoms with Crippen LogP contribution in [-0.4, -0.2) is 17.8 Å². The molecular formula is C16H26O2. The summed E-state index contributed by atoms with van der Waals surface area (Å²) in [6.45, 7) is 5.73. The number of hydrogen-bond acceptors (Lipinski definition) is 2. The summed E-state index contributed by atoms with van der Waals surface area (Å²) in [6.07, 6.45) is 4.61. The van der Waals surface area contributed by atoms with Gasteiger partial charge in [-0.25, -0.2) is 0 Å². The van der Waals surface area contributed by atoms with Gasteiger partial charge in [0, 0.05) is 6.61 Å². The summed E-state index contributed by atoms with van der Waals surface area (Å²) in [5.74, 6) is 0.763. The molecular weight excluding hydrogens is 224 g/mol. The fourth-order valence-electron chi connectivity index (χ4n) is 2.20. The van der Waals surface area contributed by atoms with Gasteiger partial charge in [-0.15, -0.1) is 0 Å². The van der Waals surface area contributed by atoms with Gasteiger partial charge in [-0.05, 0) is 31.2 Å². The van der Waals surface area contributed by atoms with Gasteiger partial charge in [0.25, 0.3) is 0 Å². The zero-order chi connectivity index (χ0) is 13.2. The molecule has 1 aliphatic rings. The van der Waals surface area contributed by atoms with E-state index in [-0.39, 0.29) is 6.10 Å². The van der Waals surface area contributed by atoms with Crippen molar-refractivity contribution in [1.29, 1.82) is 0 Å². The van der Waals surface area contributed by atoms with Crippen LogP contribution in [0.4, 0.5) is 0 Å². The minimum absolute atomic E-state index is 0.0127. The maximum absolute atomic E-state index is 9.08. The molecule has 0 bridgehead atoms. The predicted octanol–water partition coefficient (Wildman–Crippen LogP) is 3.78. The highest BCUT2D eigenvalue weighted by Gasteiger charge is 2.15. The van der Waals surface area contributed by atoms with Gasteiger partial charge < -0.3 is 9.84 Å². The average Bonchev–Trinajstić information content (AvgIpc) is 2.38. The highest BCUT2D eigenvalue weighted by Crippen LogP contribution is 2.22. The van der Waals surface area contributed by atoms with E-state index < -0.39 is 0 Å². The normalized spacial score (nSPS) is 23.1. The van der Waals surface area contributed by atoms with E-state index in [1.165, 1.54) is 18.4 Å². The minimum atomic E-state index is 0.0127. The lowest BCUT2D eigenvalue weighted by Crippen LogP contribution is -2.16. The van der Waals surface area contributed by atoms with Crippen LogP contribution in [0.15, 0.2) is 30.3 Å². The Hall–Kier alpha value is -0.860. The van der Waals surface area contributed by atoms with Crippen molar-refractivity contribution >= 4 is 0 Å². The second-order valence-electron chi connectivity index (χ2n) is 5.05. The van der Waals surface area contributed by atoms with Crippen LogP contribution in [0, 0.1) is 5.92 Å². The van der Waals surface area contributed by atoms with Gasteiger partial charge in [0.2, 0.25) is 0 Å². The Bertz CT molecular complexity index is 289. The van der Waals surface area contributed by atoms with Crippen LogP contribution in [0.3, 0.4) is 0 Å². The number of aliphatic hydroxyl groups is 1. The predicted molar refractivity (Wildman–Crippen MR) is 75.4 cm³/mol. The summed E-state index contributed by atoms with van der Waals surface area (Å²) in [7, 11) is 0. The van der Waals surface area contributed by atoms with E-state index in [0.29, 0.717) is 0 Å². The van der Waals surface area contributed by atoms with Gasteiger partial charge in [-0.2, -0.15) is 0 Å². The SMILES string of the molecule is CC1CCCC(O)C1.CCOCc1ccccc1. The highest BCUT2D eigenvalue weighted by atomic mass is 16.5. The second kappa shape index (κ2) is 9.12. The zero-order valence-corrected chi connectivity index (χ0v) is 11.6. The fraction of sp³-hybridized carbons (Fsp3) is 0.625. The first-order chi connectivity index (χ1) is 8.72. The molecule has 0 radical (unpaired) electrons. The number of aliphatic hydroxyl groups excluding tert-OH is 1. The summed E-state index contributed by atoms with van der Waals surface area (Å²) < 4.78 is 5.22. The molecule has 0 aliphatic heterocycles. The van der Waals surface area contributed by atoms with Crippen molar-refractivity contribution in [3.05, 3.63) is 35.9 Å². The molecule has 102 valence electrons. The molecule has 2 unspecified atom stereocenters. The lowest BCUT2D eigenvalue weighted by atomic mass is 9.89. The van der Waals surface area contributed by atoms with E-state index in [1.54, 1.807) is 0 Å². The van der Waals surface area contributed by atoms with Crippen LogP contribution in [0.2, 0.25) is 0 Å². The molecule has 0 saturated heterocycles. The van der Waals surface area contributed by atoms with E-state index >= 15 is 0 Å². The van der Waals surface area contributed by atoms with E-state index in [1.807, 2.05) is 25.1 Å². The highest BCUT2D eigenvalue weighted by molar-refractivity contribution is 5.13. The standard InChI is InChI=1S/C9H12O.C7H14O/c1-2-10-8-9-6-4-3-5-7-9;1-6-3-2-4-7(8)5-6/h3-7H,2,8H2,1H3;6-8H,2-5H2,1H3. The molecule has 1 aromatic carbocycles. The Balaban J connectivity index is 0.000000184. The smallest absolute Gasteiger partial charge is 0.0716 e. The molecule has 0 aromatic heterocycles. The molecule has 0 heterocycles. The molecule has 0 amide bonds. The summed E-state index contributed by atoms with van der Waals surface area (Å²) >= 11 is 0. The average molecular weight is 250 g/mol. The monoisotopic (exact) mass is 250 g/mol. The third-order valence-corrected chi connectivity index (χ3v) is 3.22. The van der Waals surface area contributed by atoms with Crippen LogP contribution in [0.1, 0.15) is 45.1 Å². The summed E-state index contributed by atoms with van der Waals surface area (Å²) in [6, 6.07) is 10.2. The lowest BCUT2D eigenvalue weighted by Gasteiger charge is -2.21. The van der Waals surface area contributed by atoms with Crippen molar-refractivity contribution in [2.75, 3.05) is 6.61 Å². The molecule has 0 spiro atoms. The molecule has 1 aromatic rings. The van der Waals surface area contributed by atoms with Crippen molar-refractivity contribution in [2.24, 2.45) is 5.92 Å². The Morgan fingerprint density at radius 1 is 1.22 bits per heavy atom. The molecule has 2 atom stereocenters. The van der Waals surface area contributed by atoms with Crippen molar-refractivity contribution in [3.8, 4) is 0 Å². The topological polar surface area (TPSA) is 29.5 Å². The minimum Gasteiger partial charge on any atom is -0.393 e. The molecule has 18 heavy (non-hydrogen) atoms. The second-order valence-corrected chi connectivity index (χ2v) is 5.05. The molecule has 1 aliphatic carbocycles. The first kappa shape index (κ1) is 15.2. The molecule has 1 saturated carbocycles. The van der Waals surface area contributed by atoms with Gasteiger partial charge in [0.1, 0.15) is 0 Å². The molecule has 1 N–H and O–H groups in total. The largest absolute Gasteiger partial charge is 0.393 e. The van der Waals surface area contributed by atoms with Gasteiger partial charge in [-0.3, -0.25) is 0 Å². The van der Waals surface area contributed by atoms with Crippen molar-refractivity contribution in [3.63, 3.8) is 0 Å².